The molecule has 2 bridgehead atoms. The maximum Gasteiger partial charge on any atom is 0.306 e. The van der Waals surface area contributed by atoms with Crippen molar-refractivity contribution in [2.75, 3.05) is 13.2 Å². The molecule has 3 rings (SSSR count). The first-order valence-corrected chi connectivity index (χ1v) is 9.26. The van der Waals surface area contributed by atoms with Gasteiger partial charge in [-0.05, 0) is 25.2 Å². The molecule has 0 aromatic carbocycles. The Balaban J connectivity index is 1.73. The molecule has 0 spiro atoms. The van der Waals surface area contributed by atoms with Crippen molar-refractivity contribution in [3.63, 3.8) is 0 Å². The highest BCUT2D eigenvalue weighted by Crippen LogP contribution is 2.51. The molecule has 6 nitrogen and oxygen atoms in total. The van der Waals surface area contributed by atoms with E-state index in [1.54, 1.807) is 13.8 Å². The Morgan fingerprint density at radius 2 is 2.00 bits per heavy atom. The van der Waals surface area contributed by atoms with Gasteiger partial charge in [0.05, 0.1) is 18.3 Å². The molecular weight excluding hydrogens is 306 g/mol. The summed E-state index contributed by atoms with van der Waals surface area (Å²) >= 11 is 0. The van der Waals surface area contributed by atoms with Gasteiger partial charge in [-0.1, -0.05) is 19.1 Å². The fraction of sp³-hybridized carbons (Fsp3) is 0.733. The van der Waals surface area contributed by atoms with Crippen LogP contribution in [0, 0.1) is 23.7 Å². The second-order valence-electron chi connectivity index (χ2n) is 6.40. The van der Waals surface area contributed by atoms with E-state index in [0.717, 1.165) is 10.7 Å². The minimum absolute atomic E-state index is 0.0127. The van der Waals surface area contributed by atoms with Gasteiger partial charge >= 0.3 is 5.97 Å². The number of esters is 1. The first-order chi connectivity index (χ1) is 10.4. The number of rotatable bonds is 4. The van der Waals surface area contributed by atoms with Crippen LogP contribution in [0.2, 0.25) is 0 Å². The van der Waals surface area contributed by atoms with Gasteiger partial charge in [0, 0.05) is 18.4 Å². The van der Waals surface area contributed by atoms with Gasteiger partial charge in [-0.15, -0.1) is 0 Å². The highest BCUT2D eigenvalue weighted by atomic mass is 32.2. The number of allylic oxidation sites excluding steroid dienone is 2. The van der Waals surface area contributed by atoms with Crippen LogP contribution in [0.3, 0.4) is 0 Å². The summed E-state index contributed by atoms with van der Waals surface area (Å²) in [4.78, 5) is 24.0. The van der Waals surface area contributed by atoms with Gasteiger partial charge in [0.15, 0.2) is 0 Å². The van der Waals surface area contributed by atoms with Crippen molar-refractivity contribution in [1.82, 2.24) is 4.31 Å². The Labute approximate surface area is 130 Å². The van der Waals surface area contributed by atoms with E-state index in [2.05, 4.69) is 6.08 Å². The van der Waals surface area contributed by atoms with Gasteiger partial charge in [-0.3, -0.25) is 9.59 Å². The number of carbonyl (C=O) groups excluding carboxylic acids is 2. The monoisotopic (exact) mass is 327 g/mol. The molecule has 0 radical (unpaired) electrons. The number of hydrogen-bond acceptors (Lipinski definition) is 5. The quantitative estimate of drug-likeness (QED) is 0.567. The van der Waals surface area contributed by atoms with Crippen molar-refractivity contribution in [3.8, 4) is 0 Å². The van der Waals surface area contributed by atoms with Crippen molar-refractivity contribution >= 4 is 21.9 Å². The largest absolute Gasteiger partial charge is 0.466 e. The number of sulfonamides is 1. The zero-order valence-electron chi connectivity index (χ0n) is 12.8. The summed E-state index contributed by atoms with van der Waals surface area (Å²) in [7, 11) is -3.61. The first-order valence-electron chi connectivity index (χ1n) is 7.75. The third-order valence-electron chi connectivity index (χ3n) is 5.02. The standard InChI is InChI=1S/C15H21NO5S/c1-3-21-13(17)6-9(2)15(18)16-8-12-10-4-5-11(7-10)14(12)22(16,19)20/h4-5,9-12,14H,3,6-8H2,1-2H3/t9-,10-,11+,12+,14-/m1/s1. The molecule has 7 heteroatoms. The second-order valence-corrected chi connectivity index (χ2v) is 8.42. The molecule has 0 aromatic heterocycles. The minimum atomic E-state index is -3.61. The molecule has 3 aliphatic rings. The Morgan fingerprint density at radius 1 is 1.32 bits per heavy atom. The van der Waals surface area contributed by atoms with Crippen LogP contribution < -0.4 is 0 Å². The van der Waals surface area contributed by atoms with Crippen LogP contribution in [0.25, 0.3) is 0 Å². The van der Waals surface area contributed by atoms with E-state index in [-0.39, 0.29) is 37.3 Å². The molecule has 22 heavy (non-hydrogen) atoms. The van der Waals surface area contributed by atoms with E-state index in [0.29, 0.717) is 0 Å². The normalized spacial score (nSPS) is 35.5. The Bertz CT molecular complexity index is 626. The lowest BCUT2D eigenvalue weighted by atomic mass is 9.93. The number of fused-ring (bicyclic) bond motifs is 5. The van der Waals surface area contributed by atoms with Crippen LogP contribution >= 0.6 is 0 Å². The maximum absolute atomic E-state index is 12.7. The van der Waals surface area contributed by atoms with E-state index >= 15 is 0 Å². The predicted molar refractivity (Wildman–Crippen MR) is 79.1 cm³/mol. The highest BCUT2D eigenvalue weighted by Gasteiger charge is 2.59. The van der Waals surface area contributed by atoms with E-state index in [1.807, 2.05) is 6.08 Å². The molecule has 2 aliphatic carbocycles. The summed E-state index contributed by atoms with van der Waals surface area (Å²) in [6.07, 6.45) is 4.85. The Kier molecular flexibility index (Phi) is 3.79. The second kappa shape index (κ2) is 5.37. The molecule has 1 aliphatic heterocycles. The highest BCUT2D eigenvalue weighted by molar-refractivity contribution is 7.90. The van der Waals surface area contributed by atoms with Gasteiger partial charge in [-0.2, -0.15) is 0 Å². The van der Waals surface area contributed by atoms with Crippen molar-refractivity contribution in [1.29, 1.82) is 0 Å². The number of nitrogens with zero attached hydrogens (tertiary/aromatic N) is 1. The summed E-state index contributed by atoms with van der Waals surface area (Å²) in [5, 5.41) is -0.457. The molecule has 0 N–H and O–H groups in total. The Hall–Kier alpha value is -1.37. The summed E-state index contributed by atoms with van der Waals surface area (Å²) in [6, 6.07) is 0. The van der Waals surface area contributed by atoms with Crippen molar-refractivity contribution < 1.29 is 22.7 Å². The molecule has 0 aromatic rings. The number of amides is 1. The summed E-state index contributed by atoms with van der Waals surface area (Å²) in [5.74, 6) is -1.32. The molecule has 5 atom stereocenters. The summed E-state index contributed by atoms with van der Waals surface area (Å²) in [6.45, 7) is 3.78. The topological polar surface area (TPSA) is 80.8 Å². The molecule has 1 saturated carbocycles. The van der Waals surface area contributed by atoms with Crippen LogP contribution in [0.4, 0.5) is 0 Å². The van der Waals surface area contributed by atoms with Crippen LogP contribution in [-0.4, -0.2) is 43.0 Å². The summed E-state index contributed by atoms with van der Waals surface area (Å²) in [5.41, 5.74) is 0. The lowest BCUT2D eigenvalue weighted by Crippen LogP contribution is -2.40. The van der Waals surface area contributed by atoms with E-state index in [4.69, 9.17) is 4.74 Å². The van der Waals surface area contributed by atoms with Gasteiger partial charge in [-0.25, -0.2) is 12.7 Å². The van der Waals surface area contributed by atoms with Crippen LogP contribution in [0.15, 0.2) is 12.2 Å². The number of ether oxygens (including phenoxy) is 1. The zero-order chi connectivity index (χ0) is 16.1. The molecule has 1 heterocycles. The van der Waals surface area contributed by atoms with Gasteiger partial charge in [0.2, 0.25) is 15.9 Å². The van der Waals surface area contributed by atoms with Crippen LogP contribution in [-0.2, 0) is 24.3 Å². The Morgan fingerprint density at radius 3 is 2.64 bits per heavy atom. The van der Waals surface area contributed by atoms with E-state index < -0.39 is 33.1 Å². The van der Waals surface area contributed by atoms with E-state index in [9.17, 15) is 18.0 Å². The average molecular weight is 327 g/mol. The van der Waals surface area contributed by atoms with Gasteiger partial charge in [0.1, 0.15) is 0 Å². The van der Waals surface area contributed by atoms with Crippen molar-refractivity contribution in [2.45, 2.75) is 31.9 Å². The minimum Gasteiger partial charge on any atom is -0.466 e. The lowest BCUT2D eigenvalue weighted by molar-refractivity contribution is -0.147. The predicted octanol–water partition coefficient (Wildman–Crippen LogP) is 0.938. The lowest BCUT2D eigenvalue weighted by Gasteiger charge is -2.21. The number of hydrogen-bond donors (Lipinski definition) is 0. The molecule has 1 saturated heterocycles. The van der Waals surface area contributed by atoms with E-state index in [1.165, 1.54) is 0 Å². The van der Waals surface area contributed by atoms with Crippen molar-refractivity contribution in [2.24, 2.45) is 23.7 Å². The van der Waals surface area contributed by atoms with Crippen molar-refractivity contribution in [3.05, 3.63) is 12.2 Å². The number of carbonyl (C=O) groups is 2. The van der Waals surface area contributed by atoms with Gasteiger partial charge in [0.25, 0.3) is 0 Å². The smallest absolute Gasteiger partial charge is 0.306 e. The SMILES string of the molecule is CCOC(=O)C[C@@H](C)C(=O)N1C[C@@H]2[C@@H]([C@H]3C=C[C@@H]2C3)S1(=O)=O. The van der Waals surface area contributed by atoms with Crippen LogP contribution in [0.1, 0.15) is 26.7 Å². The molecule has 0 unspecified atom stereocenters. The van der Waals surface area contributed by atoms with Crippen LogP contribution in [0.5, 0.6) is 0 Å². The van der Waals surface area contributed by atoms with Gasteiger partial charge < -0.3 is 4.74 Å². The molecule has 1 amide bonds. The summed E-state index contributed by atoms with van der Waals surface area (Å²) < 4.78 is 31.2. The fourth-order valence-electron chi connectivity index (χ4n) is 4.02. The third kappa shape index (κ3) is 2.26. The third-order valence-corrected chi connectivity index (χ3v) is 7.35. The average Bonchev–Trinajstić information content (AvgIpc) is 3.10. The fourth-order valence-corrected chi connectivity index (χ4v) is 6.50. The zero-order valence-corrected chi connectivity index (χ0v) is 13.6. The maximum atomic E-state index is 12.7. The first kappa shape index (κ1) is 15.5. The molecule has 2 fully saturated rings. The molecular formula is C15H21NO5S. The molecule has 122 valence electrons.